The molecule has 0 saturated heterocycles. The number of fused-ring (bicyclic) bond motifs is 2. The van der Waals surface area contributed by atoms with Gasteiger partial charge in [-0.2, -0.15) is 9.97 Å². The van der Waals surface area contributed by atoms with Crippen LogP contribution < -0.4 is 39.7 Å². The van der Waals surface area contributed by atoms with E-state index in [0.717, 1.165) is 22.2 Å². The number of anilines is 3. The van der Waals surface area contributed by atoms with Crippen molar-refractivity contribution in [3.63, 3.8) is 0 Å². The predicted molar refractivity (Wildman–Crippen MR) is 262 cm³/mol. The molecule has 0 atom stereocenters. The summed E-state index contributed by atoms with van der Waals surface area (Å²) in [5.41, 5.74) is 21.6. The summed E-state index contributed by atoms with van der Waals surface area (Å²) < 4.78 is 7.29. The standard InChI is InChI=1S/C12H18N4O.C12H18N4.C10H17N3O.C10H16N2O2.2CH4/c1-6(2)8-5-16(7(3)4)10-9(8)11(17)15-12(13)14-10;1-7(2)9-5-16(8(3)4)12-10(9)11(13)14-6-15-12;1-6(2)8-5-13(7(3)4)10(14)12-9(8)11;1-6(2)8-5-12(7(3)4)10(14)11-9(8)13;;/h5-7H,1-4H3,(H3,13,14,15,17);5-8H,1-4H3,(H2,13,14,15);5-7H,1-4H3,(H2,11,12,14);5-7H,1-4H3,(H,11,13,14);2*1H4. The van der Waals surface area contributed by atoms with Crippen molar-refractivity contribution in [2.75, 3.05) is 17.2 Å². The van der Waals surface area contributed by atoms with Crippen LogP contribution in [0, 0.1) is 0 Å². The summed E-state index contributed by atoms with van der Waals surface area (Å²) >= 11 is 0. The van der Waals surface area contributed by atoms with Crippen LogP contribution in [0.2, 0.25) is 0 Å². The van der Waals surface area contributed by atoms with Gasteiger partial charge in [0, 0.05) is 60.1 Å². The first-order valence-corrected chi connectivity index (χ1v) is 21.0. The fourth-order valence-electron chi connectivity index (χ4n) is 6.61. The highest BCUT2D eigenvalue weighted by Crippen LogP contribution is 2.31. The minimum absolute atomic E-state index is 0. The zero-order chi connectivity index (χ0) is 46.4. The summed E-state index contributed by atoms with van der Waals surface area (Å²) in [5, 5.41) is 1.66. The molecule has 17 heteroatoms. The molecule has 8 N–H and O–H groups in total. The van der Waals surface area contributed by atoms with Gasteiger partial charge in [-0.25, -0.2) is 19.6 Å². The van der Waals surface area contributed by atoms with Crippen molar-refractivity contribution in [3.8, 4) is 0 Å². The number of nitrogens with zero attached hydrogens (tertiary/aromatic N) is 8. The molecule has 0 aromatic carbocycles. The van der Waals surface area contributed by atoms with Crippen LogP contribution in [-0.2, 0) is 0 Å². The Morgan fingerprint density at radius 1 is 0.460 bits per heavy atom. The number of nitrogens with two attached hydrogens (primary N) is 3. The molecule has 6 aromatic rings. The third kappa shape index (κ3) is 13.0. The Balaban J connectivity index is 0.000000417. The third-order valence-electron chi connectivity index (χ3n) is 10.1. The Morgan fingerprint density at radius 2 is 0.889 bits per heavy atom. The number of aromatic amines is 2. The second kappa shape index (κ2) is 22.9. The maximum atomic E-state index is 12.0. The second-order valence-corrected chi connectivity index (χ2v) is 17.6. The molecule has 0 aliphatic rings. The largest absolute Gasteiger partial charge is 0.383 e. The molecule has 0 bridgehead atoms. The first kappa shape index (κ1) is 55.0. The van der Waals surface area contributed by atoms with E-state index in [-0.39, 0.29) is 79.2 Å². The average Bonchev–Trinajstić information content (AvgIpc) is 3.73. The Labute approximate surface area is 372 Å². The highest BCUT2D eigenvalue weighted by molar-refractivity contribution is 5.90. The van der Waals surface area contributed by atoms with Crippen LogP contribution in [0.4, 0.5) is 17.6 Å². The number of H-pyrrole nitrogens is 2. The summed E-state index contributed by atoms with van der Waals surface area (Å²) in [6, 6.07) is 0.813. The number of nitrogens with one attached hydrogen (secondary N) is 2. The molecule has 63 heavy (non-hydrogen) atoms. The summed E-state index contributed by atoms with van der Waals surface area (Å²) in [4.78, 5) is 67.5. The van der Waals surface area contributed by atoms with Gasteiger partial charge in [-0.05, 0) is 90.2 Å². The number of nitrogen functional groups attached to an aromatic ring is 3. The van der Waals surface area contributed by atoms with Gasteiger partial charge in [-0.1, -0.05) is 70.2 Å². The molecular weight excluding hydrogens is 799 g/mol. The van der Waals surface area contributed by atoms with Gasteiger partial charge in [-0.15, -0.1) is 0 Å². The maximum absolute atomic E-state index is 12.0. The van der Waals surface area contributed by atoms with Crippen LogP contribution in [0.5, 0.6) is 0 Å². The van der Waals surface area contributed by atoms with Gasteiger partial charge in [0.1, 0.15) is 29.3 Å². The van der Waals surface area contributed by atoms with Crippen LogP contribution >= 0.6 is 0 Å². The van der Waals surface area contributed by atoms with Gasteiger partial charge >= 0.3 is 11.4 Å². The molecule has 17 nitrogen and oxygen atoms in total. The van der Waals surface area contributed by atoms with Crippen LogP contribution in [-0.4, -0.2) is 48.2 Å². The zero-order valence-corrected chi connectivity index (χ0v) is 38.9. The number of hydrogen-bond donors (Lipinski definition) is 5. The molecule has 0 unspecified atom stereocenters. The lowest BCUT2D eigenvalue weighted by molar-refractivity contribution is 0.552. The minimum atomic E-state index is -0.339. The van der Waals surface area contributed by atoms with E-state index in [1.54, 1.807) is 17.0 Å². The molecule has 0 amide bonds. The van der Waals surface area contributed by atoms with Crippen molar-refractivity contribution in [1.82, 2.24) is 48.2 Å². The first-order chi connectivity index (χ1) is 28.3. The van der Waals surface area contributed by atoms with Crippen molar-refractivity contribution >= 4 is 39.7 Å². The van der Waals surface area contributed by atoms with E-state index in [4.69, 9.17) is 17.2 Å². The van der Waals surface area contributed by atoms with Crippen molar-refractivity contribution < 1.29 is 0 Å². The number of rotatable bonds is 8. The molecule has 350 valence electrons. The minimum Gasteiger partial charge on any atom is -0.383 e. The van der Waals surface area contributed by atoms with E-state index in [1.165, 1.54) is 16.5 Å². The van der Waals surface area contributed by atoms with E-state index in [2.05, 4.69) is 96.1 Å². The SMILES string of the molecule is C.C.CC(C)c1cn(C(C)C)c(=O)[nH]c1=O.CC(C)c1cn(C(C)C)c(=O)nc1N.CC(C)c1cn(C(C)C)c2nc(N)[nH]c(=O)c12.CC(C)c1cn(C(C)C)c2ncnc(N)c12. The van der Waals surface area contributed by atoms with E-state index in [9.17, 15) is 19.2 Å². The van der Waals surface area contributed by atoms with Crippen molar-refractivity contribution in [3.05, 3.63) is 95.0 Å². The number of hydrogen-bond acceptors (Lipinski definition) is 11. The molecule has 0 radical (unpaired) electrons. The van der Waals surface area contributed by atoms with Gasteiger partial charge in [-0.3, -0.25) is 28.7 Å². The van der Waals surface area contributed by atoms with Gasteiger partial charge < -0.3 is 26.3 Å². The fourth-order valence-corrected chi connectivity index (χ4v) is 6.61. The lowest BCUT2D eigenvalue weighted by Crippen LogP contribution is -2.33. The van der Waals surface area contributed by atoms with E-state index < -0.39 is 0 Å². The predicted octanol–water partition coefficient (Wildman–Crippen LogP) is 8.77. The highest BCUT2D eigenvalue weighted by atomic mass is 16.2. The Kier molecular flexibility index (Phi) is 20.0. The summed E-state index contributed by atoms with van der Waals surface area (Å²) in [6.07, 6.45) is 9.13. The number of aromatic nitrogens is 10. The van der Waals surface area contributed by atoms with Gasteiger partial charge in [0.2, 0.25) is 5.95 Å². The second-order valence-electron chi connectivity index (χ2n) is 17.6. The Hall–Kier alpha value is -6.00. The zero-order valence-electron chi connectivity index (χ0n) is 38.9. The normalized spacial score (nSPS) is 11.2. The molecule has 0 fully saturated rings. The topological polar surface area (TPSA) is 249 Å². The molecule has 0 aliphatic heterocycles. The fraction of sp³-hybridized carbons (Fsp3) is 0.565. The van der Waals surface area contributed by atoms with Crippen LogP contribution in [0.15, 0.2) is 50.3 Å². The Morgan fingerprint density at radius 3 is 1.35 bits per heavy atom. The van der Waals surface area contributed by atoms with Crippen LogP contribution in [0.3, 0.4) is 0 Å². The molecule has 6 rings (SSSR count). The Bertz CT molecular complexity index is 2610. The molecule has 0 aliphatic carbocycles. The molecular formula is C46H77N13O4. The lowest BCUT2D eigenvalue weighted by atomic mass is 10.0. The molecule has 6 aromatic heterocycles. The average molecular weight is 876 g/mol. The van der Waals surface area contributed by atoms with Crippen molar-refractivity contribution in [2.45, 2.75) is 173 Å². The molecule has 0 spiro atoms. The third-order valence-corrected chi connectivity index (χ3v) is 10.1. The summed E-state index contributed by atoms with van der Waals surface area (Å²) in [7, 11) is 0. The monoisotopic (exact) mass is 876 g/mol. The van der Waals surface area contributed by atoms with Crippen LogP contribution in [0.1, 0.15) is 196 Å². The van der Waals surface area contributed by atoms with Crippen LogP contribution in [0.25, 0.3) is 22.1 Å². The van der Waals surface area contributed by atoms with E-state index >= 15 is 0 Å². The molecule has 0 saturated carbocycles. The smallest absolute Gasteiger partial charge is 0.349 e. The van der Waals surface area contributed by atoms with Crippen molar-refractivity contribution in [1.29, 1.82) is 0 Å². The van der Waals surface area contributed by atoms with Crippen molar-refractivity contribution in [2.24, 2.45) is 0 Å². The van der Waals surface area contributed by atoms with E-state index in [0.29, 0.717) is 40.2 Å². The maximum Gasteiger partial charge on any atom is 0.349 e. The first-order valence-electron chi connectivity index (χ1n) is 21.0. The van der Waals surface area contributed by atoms with Gasteiger partial charge in [0.05, 0.1) is 10.8 Å². The molecule has 6 heterocycles. The lowest BCUT2D eigenvalue weighted by Gasteiger charge is -2.14. The van der Waals surface area contributed by atoms with Gasteiger partial charge in [0.25, 0.3) is 11.1 Å². The highest BCUT2D eigenvalue weighted by Gasteiger charge is 2.19. The quantitative estimate of drug-likeness (QED) is 0.0966. The summed E-state index contributed by atoms with van der Waals surface area (Å²) in [5.74, 6) is 2.21. The van der Waals surface area contributed by atoms with Gasteiger partial charge in [0.15, 0.2) is 0 Å². The van der Waals surface area contributed by atoms with E-state index in [1.807, 2.05) is 66.2 Å². The summed E-state index contributed by atoms with van der Waals surface area (Å²) in [6.45, 7) is 32.5.